The number of nitrogens with zero attached hydrogens (tertiary/aromatic N) is 1. The van der Waals surface area contributed by atoms with Crippen molar-refractivity contribution in [3.05, 3.63) is 40.4 Å². The average Bonchev–Trinajstić information content (AvgIpc) is 2.90. The maximum Gasteiger partial charge on any atom is 0.140 e. The largest absolute Gasteiger partial charge is 0.469 e. The molecule has 0 saturated heterocycles. The van der Waals surface area contributed by atoms with E-state index < -0.39 is 0 Å². The van der Waals surface area contributed by atoms with Crippen molar-refractivity contribution in [1.29, 1.82) is 0 Å². The van der Waals surface area contributed by atoms with E-state index in [9.17, 15) is 0 Å². The number of nitrogens with two attached hydrogens (primary N) is 1. The van der Waals surface area contributed by atoms with E-state index in [4.69, 9.17) is 10.2 Å². The van der Waals surface area contributed by atoms with Gasteiger partial charge in [-0.05, 0) is 53.9 Å². The van der Waals surface area contributed by atoms with Crippen LogP contribution in [0.1, 0.15) is 24.7 Å². The van der Waals surface area contributed by atoms with E-state index in [2.05, 4.69) is 33.2 Å². The van der Waals surface area contributed by atoms with Gasteiger partial charge >= 0.3 is 0 Å². The summed E-state index contributed by atoms with van der Waals surface area (Å²) in [4.78, 5) is 4.32. The number of rotatable bonds is 5. The van der Waals surface area contributed by atoms with Crippen LogP contribution in [0, 0.1) is 6.92 Å². The summed E-state index contributed by atoms with van der Waals surface area (Å²) in [5, 5.41) is 3.39. The lowest BCUT2D eigenvalue weighted by atomic mass is 10.1. The first kappa shape index (κ1) is 13.9. The van der Waals surface area contributed by atoms with Gasteiger partial charge in [0.05, 0.1) is 22.6 Å². The third-order valence-electron chi connectivity index (χ3n) is 3.09. The Morgan fingerprint density at radius 1 is 1.53 bits per heavy atom. The summed E-state index contributed by atoms with van der Waals surface area (Å²) in [5.74, 6) is 1.84. The van der Waals surface area contributed by atoms with Gasteiger partial charge in [-0.15, -0.1) is 0 Å². The summed E-state index contributed by atoms with van der Waals surface area (Å²) in [6.07, 6.45) is 5.27. The lowest BCUT2D eigenvalue weighted by Crippen LogP contribution is -2.17. The average molecular weight is 324 g/mol. The fourth-order valence-electron chi connectivity index (χ4n) is 1.81. The Labute approximate surface area is 121 Å². The van der Waals surface area contributed by atoms with E-state index in [0.29, 0.717) is 11.7 Å². The van der Waals surface area contributed by atoms with Crippen LogP contribution in [-0.4, -0.2) is 11.0 Å². The van der Waals surface area contributed by atoms with E-state index in [-0.39, 0.29) is 0 Å². The molecule has 0 aromatic carbocycles. The van der Waals surface area contributed by atoms with Gasteiger partial charge in [-0.3, -0.25) is 0 Å². The van der Waals surface area contributed by atoms with Gasteiger partial charge in [0.15, 0.2) is 0 Å². The topological polar surface area (TPSA) is 64.1 Å². The van der Waals surface area contributed by atoms with Crippen LogP contribution in [-0.2, 0) is 6.42 Å². The molecule has 5 heteroatoms. The predicted molar refractivity (Wildman–Crippen MR) is 81.2 cm³/mol. The van der Waals surface area contributed by atoms with Crippen molar-refractivity contribution in [1.82, 2.24) is 4.98 Å². The minimum absolute atomic E-state index is 0.303. The van der Waals surface area contributed by atoms with Gasteiger partial charge in [0.25, 0.3) is 0 Å². The second-order valence-corrected chi connectivity index (χ2v) is 5.46. The maximum absolute atomic E-state index is 5.81. The molecule has 0 saturated carbocycles. The monoisotopic (exact) mass is 323 g/mol. The zero-order chi connectivity index (χ0) is 13.8. The number of nitrogens with one attached hydrogen (secondary N) is 1. The summed E-state index contributed by atoms with van der Waals surface area (Å²) >= 11 is 3.53. The number of hydrogen-bond donors (Lipinski definition) is 2. The van der Waals surface area contributed by atoms with E-state index in [1.165, 1.54) is 0 Å². The number of halogens is 1. The van der Waals surface area contributed by atoms with Gasteiger partial charge < -0.3 is 15.5 Å². The van der Waals surface area contributed by atoms with Crippen LogP contribution in [0.5, 0.6) is 0 Å². The van der Waals surface area contributed by atoms with Gasteiger partial charge in [-0.1, -0.05) is 0 Å². The molecule has 0 fully saturated rings. The van der Waals surface area contributed by atoms with Crippen molar-refractivity contribution in [2.75, 3.05) is 11.1 Å². The zero-order valence-electron chi connectivity index (χ0n) is 11.1. The van der Waals surface area contributed by atoms with E-state index in [1.54, 1.807) is 12.5 Å². The van der Waals surface area contributed by atoms with Gasteiger partial charge in [-0.2, -0.15) is 0 Å². The number of nitrogen functional groups attached to an aromatic ring is 1. The molecule has 0 aliphatic rings. The first-order valence-corrected chi connectivity index (χ1v) is 7.06. The number of aromatic nitrogens is 1. The van der Waals surface area contributed by atoms with Crippen molar-refractivity contribution in [3.8, 4) is 0 Å². The Bertz CT molecular complexity index is 540. The third kappa shape index (κ3) is 3.50. The van der Waals surface area contributed by atoms with Gasteiger partial charge in [0.1, 0.15) is 11.6 Å². The molecule has 2 aromatic heterocycles. The molecule has 0 aliphatic heterocycles. The molecule has 1 atom stereocenters. The third-order valence-corrected chi connectivity index (χ3v) is 4.06. The molecule has 0 spiro atoms. The van der Waals surface area contributed by atoms with Crippen LogP contribution in [0.4, 0.5) is 11.5 Å². The standard InChI is InChI=1S/C14H18BrN3O/c1-9(5-6-11-4-3-7-19-11)18-14-13(15)10(2)12(16)8-17-14/h3-4,7-9H,5-6,16H2,1-2H3,(H,17,18). The summed E-state index contributed by atoms with van der Waals surface area (Å²) < 4.78 is 6.25. The summed E-state index contributed by atoms with van der Waals surface area (Å²) in [7, 11) is 0. The van der Waals surface area contributed by atoms with Crippen LogP contribution >= 0.6 is 15.9 Å². The molecule has 19 heavy (non-hydrogen) atoms. The first-order chi connectivity index (χ1) is 9.08. The summed E-state index contributed by atoms with van der Waals surface area (Å²) in [6.45, 7) is 4.10. The highest BCUT2D eigenvalue weighted by atomic mass is 79.9. The molecule has 2 rings (SSSR count). The molecule has 4 nitrogen and oxygen atoms in total. The molecule has 2 heterocycles. The molecule has 102 valence electrons. The van der Waals surface area contributed by atoms with Crippen LogP contribution < -0.4 is 11.1 Å². The lowest BCUT2D eigenvalue weighted by Gasteiger charge is -2.16. The number of furan rings is 1. The first-order valence-electron chi connectivity index (χ1n) is 6.27. The quantitative estimate of drug-likeness (QED) is 0.879. The Balaban J connectivity index is 1.95. The number of pyridine rings is 1. The smallest absolute Gasteiger partial charge is 0.140 e. The maximum atomic E-state index is 5.81. The highest BCUT2D eigenvalue weighted by molar-refractivity contribution is 9.10. The van der Waals surface area contributed by atoms with E-state index in [0.717, 1.165) is 34.5 Å². The van der Waals surface area contributed by atoms with Crippen molar-refractivity contribution < 1.29 is 4.42 Å². The fraction of sp³-hybridized carbons (Fsp3) is 0.357. The summed E-state index contributed by atoms with van der Waals surface area (Å²) in [6, 6.07) is 4.21. The summed E-state index contributed by atoms with van der Waals surface area (Å²) in [5.41, 5.74) is 7.52. The van der Waals surface area contributed by atoms with Crippen LogP contribution in [0.15, 0.2) is 33.5 Å². The SMILES string of the molecule is Cc1c(N)cnc(NC(C)CCc2ccco2)c1Br. The van der Waals surface area contributed by atoms with E-state index in [1.807, 2.05) is 19.1 Å². The van der Waals surface area contributed by atoms with Crippen LogP contribution in [0.25, 0.3) is 0 Å². The molecular weight excluding hydrogens is 306 g/mol. The molecule has 0 bridgehead atoms. The molecule has 0 radical (unpaired) electrons. The fourth-order valence-corrected chi connectivity index (χ4v) is 2.26. The molecule has 2 aromatic rings. The van der Waals surface area contributed by atoms with Crippen molar-refractivity contribution in [2.24, 2.45) is 0 Å². The predicted octanol–water partition coefficient (Wildman–Crippen LogP) is 3.76. The number of aryl methyl sites for hydroxylation is 1. The zero-order valence-corrected chi connectivity index (χ0v) is 12.7. The number of hydrogen-bond acceptors (Lipinski definition) is 4. The second kappa shape index (κ2) is 6.10. The Morgan fingerprint density at radius 2 is 2.32 bits per heavy atom. The van der Waals surface area contributed by atoms with Gasteiger partial charge in [0.2, 0.25) is 0 Å². The highest BCUT2D eigenvalue weighted by Crippen LogP contribution is 2.28. The Hall–Kier alpha value is -1.49. The molecule has 0 aliphatic carbocycles. The van der Waals surface area contributed by atoms with Gasteiger partial charge in [-0.25, -0.2) is 4.98 Å². The molecule has 1 unspecified atom stereocenters. The second-order valence-electron chi connectivity index (χ2n) is 4.66. The van der Waals surface area contributed by atoms with Crippen LogP contribution in [0.2, 0.25) is 0 Å². The minimum atomic E-state index is 0.303. The van der Waals surface area contributed by atoms with Gasteiger partial charge in [0, 0.05) is 12.5 Å². The van der Waals surface area contributed by atoms with Crippen LogP contribution in [0.3, 0.4) is 0 Å². The molecule has 0 amide bonds. The van der Waals surface area contributed by atoms with Crippen molar-refractivity contribution >= 4 is 27.4 Å². The molecule has 3 N–H and O–H groups in total. The van der Waals surface area contributed by atoms with E-state index >= 15 is 0 Å². The van der Waals surface area contributed by atoms with Crippen molar-refractivity contribution in [3.63, 3.8) is 0 Å². The highest BCUT2D eigenvalue weighted by Gasteiger charge is 2.10. The molecular formula is C14H18BrN3O. The Morgan fingerprint density at radius 3 is 3.00 bits per heavy atom. The lowest BCUT2D eigenvalue weighted by molar-refractivity contribution is 0.495. The Kier molecular flexibility index (Phi) is 4.47. The normalized spacial score (nSPS) is 12.4. The minimum Gasteiger partial charge on any atom is -0.469 e. The van der Waals surface area contributed by atoms with Crippen molar-refractivity contribution in [2.45, 2.75) is 32.7 Å². The number of anilines is 2.